The molecule has 2 N–H and O–H groups in total. The molecule has 3 nitrogen and oxygen atoms in total. The fourth-order valence-electron chi connectivity index (χ4n) is 3.35. The molecule has 0 bridgehead atoms. The summed E-state index contributed by atoms with van der Waals surface area (Å²) in [7, 11) is 0. The molecule has 1 aliphatic heterocycles. The van der Waals surface area contributed by atoms with Gasteiger partial charge >= 0.3 is 0 Å². The Morgan fingerprint density at radius 2 is 1.70 bits per heavy atom. The van der Waals surface area contributed by atoms with E-state index in [1.54, 1.807) is 0 Å². The van der Waals surface area contributed by atoms with E-state index in [2.05, 4.69) is 56.1 Å². The molecule has 2 rings (SSSR count). The number of rotatable bonds is 4. The van der Waals surface area contributed by atoms with Crippen LogP contribution >= 0.6 is 0 Å². The molecule has 1 fully saturated rings. The number of aliphatic hydroxyl groups excluding tert-OH is 1. The molecule has 0 amide bonds. The maximum Gasteiger partial charge on any atom is 0.0500 e. The molecule has 1 aromatic rings. The summed E-state index contributed by atoms with van der Waals surface area (Å²) in [4.78, 5) is 2.51. The van der Waals surface area contributed by atoms with Crippen molar-refractivity contribution in [3.8, 4) is 0 Å². The molecule has 112 valence electrons. The smallest absolute Gasteiger partial charge is 0.0500 e. The summed E-state index contributed by atoms with van der Waals surface area (Å²) in [6.45, 7) is 13.0. The lowest BCUT2D eigenvalue weighted by Crippen LogP contribution is -2.49. The average Bonchev–Trinajstić information content (AvgIpc) is 2.39. The summed E-state index contributed by atoms with van der Waals surface area (Å²) in [5.41, 5.74) is 3.79. The molecule has 0 aromatic heterocycles. The van der Waals surface area contributed by atoms with Gasteiger partial charge in [-0.1, -0.05) is 43.2 Å². The van der Waals surface area contributed by atoms with E-state index >= 15 is 0 Å². The first-order chi connectivity index (χ1) is 9.44. The van der Waals surface area contributed by atoms with Gasteiger partial charge in [0.05, 0.1) is 0 Å². The van der Waals surface area contributed by atoms with Crippen molar-refractivity contribution in [1.29, 1.82) is 0 Å². The second kappa shape index (κ2) is 6.25. The number of nitrogens with one attached hydrogen (secondary N) is 1. The minimum Gasteiger partial charge on any atom is -0.396 e. The summed E-state index contributed by atoms with van der Waals surface area (Å²) in [6, 6.07) is 7.03. The maximum atomic E-state index is 9.85. The Morgan fingerprint density at radius 1 is 1.15 bits per heavy atom. The van der Waals surface area contributed by atoms with Gasteiger partial charge in [-0.25, -0.2) is 0 Å². The molecule has 0 aliphatic carbocycles. The minimum absolute atomic E-state index is 0.141. The molecule has 1 atom stereocenters. The summed E-state index contributed by atoms with van der Waals surface area (Å²) in [5.74, 6) is 0. The zero-order chi connectivity index (χ0) is 14.8. The highest BCUT2D eigenvalue weighted by Crippen LogP contribution is 2.38. The van der Waals surface area contributed by atoms with Gasteiger partial charge in [0.1, 0.15) is 0 Å². The van der Waals surface area contributed by atoms with E-state index in [0.29, 0.717) is 0 Å². The third kappa shape index (κ3) is 3.40. The highest BCUT2D eigenvalue weighted by atomic mass is 16.3. The molecule has 1 saturated heterocycles. The van der Waals surface area contributed by atoms with Crippen LogP contribution in [0.15, 0.2) is 18.2 Å². The summed E-state index contributed by atoms with van der Waals surface area (Å²) in [5, 5.41) is 13.3. The number of hydrogen-bond acceptors (Lipinski definition) is 3. The van der Waals surface area contributed by atoms with Gasteiger partial charge in [-0.15, -0.1) is 0 Å². The van der Waals surface area contributed by atoms with Crippen LogP contribution in [0.3, 0.4) is 0 Å². The SMILES string of the molecule is Cc1cc(C)cc([C@H](N2CCNCC2)C(C)(C)CO)c1. The molecule has 1 aromatic carbocycles. The predicted molar refractivity (Wildman–Crippen MR) is 84.0 cm³/mol. The summed E-state index contributed by atoms with van der Waals surface area (Å²) < 4.78 is 0. The van der Waals surface area contributed by atoms with Gasteiger partial charge in [0.15, 0.2) is 0 Å². The van der Waals surface area contributed by atoms with Crippen LogP contribution in [-0.4, -0.2) is 42.8 Å². The van der Waals surface area contributed by atoms with Crippen LogP contribution in [0.2, 0.25) is 0 Å². The van der Waals surface area contributed by atoms with Crippen molar-refractivity contribution >= 4 is 0 Å². The Hall–Kier alpha value is -0.900. The van der Waals surface area contributed by atoms with Crippen molar-refractivity contribution in [1.82, 2.24) is 10.2 Å². The second-order valence-electron chi connectivity index (χ2n) is 6.76. The number of benzene rings is 1. The molecular formula is C17H28N2O. The Balaban J connectivity index is 2.39. The fraction of sp³-hybridized carbons (Fsp3) is 0.647. The fourth-order valence-corrected chi connectivity index (χ4v) is 3.35. The van der Waals surface area contributed by atoms with Gasteiger partial charge in [-0.2, -0.15) is 0 Å². The molecular weight excluding hydrogens is 248 g/mol. The number of aryl methyl sites for hydroxylation is 2. The molecule has 20 heavy (non-hydrogen) atoms. The van der Waals surface area contributed by atoms with E-state index in [0.717, 1.165) is 26.2 Å². The van der Waals surface area contributed by atoms with Crippen LogP contribution in [0.5, 0.6) is 0 Å². The Morgan fingerprint density at radius 3 is 2.20 bits per heavy atom. The van der Waals surface area contributed by atoms with E-state index in [1.807, 2.05) is 0 Å². The van der Waals surface area contributed by atoms with Crippen LogP contribution in [-0.2, 0) is 0 Å². The highest BCUT2D eigenvalue weighted by Gasteiger charge is 2.35. The van der Waals surface area contributed by atoms with E-state index in [1.165, 1.54) is 16.7 Å². The second-order valence-corrected chi connectivity index (χ2v) is 6.76. The van der Waals surface area contributed by atoms with Gasteiger partial charge < -0.3 is 10.4 Å². The lowest BCUT2D eigenvalue weighted by molar-refractivity contribution is 0.0305. The van der Waals surface area contributed by atoms with Crippen molar-refractivity contribution in [2.75, 3.05) is 32.8 Å². The number of nitrogens with zero attached hydrogens (tertiary/aromatic N) is 1. The lowest BCUT2D eigenvalue weighted by atomic mass is 9.79. The van der Waals surface area contributed by atoms with Crippen molar-refractivity contribution < 1.29 is 5.11 Å². The molecule has 0 unspecified atom stereocenters. The quantitative estimate of drug-likeness (QED) is 0.885. The minimum atomic E-state index is -0.141. The van der Waals surface area contributed by atoms with Gasteiger partial charge in [0.25, 0.3) is 0 Å². The Kier molecular flexibility index (Phi) is 4.84. The Labute approximate surface area is 123 Å². The lowest BCUT2D eigenvalue weighted by Gasteiger charge is -2.43. The van der Waals surface area contributed by atoms with E-state index < -0.39 is 0 Å². The van der Waals surface area contributed by atoms with Crippen molar-refractivity contribution in [3.05, 3.63) is 34.9 Å². The third-order valence-electron chi connectivity index (χ3n) is 4.22. The highest BCUT2D eigenvalue weighted by molar-refractivity contribution is 5.32. The first-order valence-corrected chi connectivity index (χ1v) is 7.58. The van der Waals surface area contributed by atoms with Gasteiger partial charge in [0, 0.05) is 44.2 Å². The monoisotopic (exact) mass is 276 g/mol. The van der Waals surface area contributed by atoms with Gasteiger partial charge in [-0.3, -0.25) is 4.90 Å². The third-order valence-corrected chi connectivity index (χ3v) is 4.22. The summed E-state index contributed by atoms with van der Waals surface area (Å²) in [6.07, 6.45) is 0. The average molecular weight is 276 g/mol. The summed E-state index contributed by atoms with van der Waals surface area (Å²) >= 11 is 0. The van der Waals surface area contributed by atoms with Gasteiger partial charge in [-0.05, 0) is 19.4 Å². The van der Waals surface area contributed by atoms with Crippen LogP contribution in [0.25, 0.3) is 0 Å². The van der Waals surface area contributed by atoms with E-state index in [9.17, 15) is 5.11 Å². The maximum absolute atomic E-state index is 9.85. The zero-order valence-electron chi connectivity index (χ0n) is 13.2. The standard InChI is InChI=1S/C17H28N2O/c1-13-9-14(2)11-15(10-13)16(17(3,4)12-20)19-7-5-18-6-8-19/h9-11,16,18,20H,5-8,12H2,1-4H3/t16-/m0/s1. The molecule has 0 spiro atoms. The first kappa shape index (κ1) is 15.5. The Bertz CT molecular complexity index is 430. The first-order valence-electron chi connectivity index (χ1n) is 7.58. The number of hydrogen-bond donors (Lipinski definition) is 2. The topological polar surface area (TPSA) is 35.5 Å². The zero-order valence-corrected chi connectivity index (χ0v) is 13.2. The molecule has 0 radical (unpaired) electrons. The number of piperazine rings is 1. The predicted octanol–water partition coefficient (Wildman–Crippen LogP) is 2.27. The van der Waals surface area contributed by atoms with Crippen molar-refractivity contribution in [2.24, 2.45) is 5.41 Å². The van der Waals surface area contributed by atoms with Crippen LogP contribution < -0.4 is 5.32 Å². The van der Waals surface area contributed by atoms with Crippen LogP contribution in [0.4, 0.5) is 0 Å². The van der Waals surface area contributed by atoms with Crippen LogP contribution in [0.1, 0.15) is 36.6 Å². The van der Waals surface area contributed by atoms with Crippen molar-refractivity contribution in [2.45, 2.75) is 33.7 Å². The molecule has 0 saturated carbocycles. The molecule has 1 heterocycles. The molecule has 1 aliphatic rings. The van der Waals surface area contributed by atoms with E-state index in [-0.39, 0.29) is 18.1 Å². The largest absolute Gasteiger partial charge is 0.396 e. The molecule has 3 heteroatoms. The van der Waals surface area contributed by atoms with Crippen molar-refractivity contribution in [3.63, 3.8) is 0 Å². The van der Waals surface area contributed by atoms with Gasteiger partial charge in [0.2, 0.25) is 0 Å². The van der Waals surface area contributed by atoms with E-state index in [4.69, 9.17) is 0 Å². The normalized spacial score (nSPS) is 19.1. The number of aliphatic hydroxyl groups is 1. The van der Waals surface area contributed by atoms with Crippen LogP contribution in [0, 0.1) is 19.3 Å².